The van der Waals surface area contributed by atoms with Crippen molar-refractivity contribution in [2.24, 2.45) is 5.10 Å². The number of nitrogens with zero attached hydrogens (tertiary/aromatic N) is 1. The lowest BCUT2D eigenvalue weighted by Gasteiger charge is -2.12. The highest BCUT2D eigenvalue weighted by atomic mass is 79.9. The third-order valence-electron chi connectivity index (χ3n) is 4.51. The first kappa shape index (κ1) is 23.1. The van der Waals surface area contributed by atoms with Crippen molar-refractivity contribution in [1.29, 1.82) is 0 Å². The molecule has 0 aliphatic carbocycles. The fourth-order valence-corrected chi connectivity index (χ4v) is 3.51. The van der Waals surface area contributed by atoms with Crippen LogP contribution in [0.25, 0.3) is 10.8 Å². The van der Waals surface area contributed by atoms with Crippen LogP contribution in [0.5, 0.6) is 17.2 Å². The molecule has 0 aliphatic heterocycles. The normalized spacial score (nSPS) is 10.8. The molecule has 166 valence electrons. The first-order valence-electron chi connectivity index (χ1n) is 9.44. The van der Waals surface area contributed by atoms with Gasteiger partial charge in [-0.05, 0) is 56.5 Å². The minimum atomic E-state index is -0.517. The molecule has 0 aliphatic rings. The highest BCUT2D eigenvalue weighted by Crippen LogP contribution is 2.36. The molecule has 0 radical (unpaired) electrons. The smallest absolute Gasteiger partial charge is 0.343 e. The first-order chi connectivity index (χ1) is 15.5. The average Bonchev–Trinajstić information content (AvgIpc) is 2.81. The number of ether oxygens (including phenoxy) is 4. The van der Waals surface area contributed by atoms with Crippen LogP contribution in [0.1, 0.15) is 15.9 Å². The van der Waals surface area contributed by atoms with Crippen LogP contribution >= 0.6 is 15.9 Å². The van der Waals surface area contributed by atoms with Crippen molar-refractivity contribution in [3.63, 3.8) is 0 Å². The highest BCUT2D eigenvalue weighted by Gasteiger charge is 2.15. The SMILES string of the molecule is COC(=O)COc1c(Br)cc(/C=N\NC(=O)c2cc3ccccc3cc2OC)cc1OC. The van der Waals surface area contributed by atoms with E-state index in [1.54, 1.807) is 18.2 Å². The lowest BCUT2D eigenvalue weighted by molar-refractivity contribution is -0.142. The third kappa shape index (κ3) is 5.36. The Morgan fingerprint density at radius 1 is 1.00 bits per heavy atom. The summed E-state index contributed by atoms with van der Waals surface area (Å²) in [6, 6.07) is 14.6. The van der Waals surface area contributed by atoms with Crippen molar-refractivity contribution in [1.82, 2.24) is 5.43 Å². The Morgan fingerprint density at radius 2 is 1.69 bits per heavy atom. The maximum absolute atomic E-state index is 12.7. The van der Waals surface area contributed by atoms with E-state index in [1.165, 1.54) is 27.5 Å². The quantitative estimate of drug-likeness (QED) is 0.286. The summed E-state index contributed by atoms with van der Waals surface area (Å²) in [7, 11) is 4.26. The third-order valence-corrected chi connectivity index (χ3v) is 5.09. The molecular weight excluding hydrogens is 480 g/mol. The summed E-state index contributed by atoms with van der Waals surface area (Å²) in [4.78, 5) is 24.0. The molecule has 0 spiro atoms. The molecule has 0 saturated carbocycles. The summed E-state index contributed by atoms with van der Waals surface area (Å²) in [5.74, 6) is 0.254. The molecular formula is C23H21BrN2O6. The van der Waals surface area contributed by atoms with Gasteiger partial charge >= 0.3 is 5.97 Å². The number of esters is 1. The number of hydrazone groups is 1. The van der Waals surface area contributed by atoms with Crippen LogP contribution < -0.4 is 19.6 Å². The van der Waals surface area contributed by atoms with Crippen molar-refractivity contribution in [2.75, 3.05) is 27.9 Å². The summed E-state index contributed by atoms with van der Waals surface area (Å²) < 4.78 is 21.3. The standard InChI is InChI=1S/C23H21BrN2O6/c1-29-19-11-16-7-5-4-6-15(16)10-17(19)23(28)26-25-12-14-8-18(24)22(20(9-14)30-2)32-13-21(27)31-3/h4-12H,13H2,1-3H3,(H,26,28)/b25-12-. The summed E-state index contributed by atoms with van der Waals surface area (Å²) in [5.41, 5.74) is 3.51. The molecule has 0 heterocycles. The van der Waals surface area contributed by atoms with Gasteiger partial charge in [0.1, 0.15) is 5.75 Å². The molecule has 32 heavy (non-hydrogen) atoms. The molecule has 9 heteroatoms. The molecule has 0 unspecified atom stereocenters. The Balaban J connectivity index is 1.77. The van der Waals surface area contributed by atoms with Crippen LogP contribution in [0.15, 0.2) is 58.1 Å². The van der Waals surface area contributed by atoms with Gasteiger partial charge in [0.25, 0.3) is 5.91 Å². The highest BCUT2D eigenvalue weighted by molar-refractivity contribution is 9.10. The monoisotopic (exact) mass is 500 g/mol. The summed E-state index contributed by atoms with van der Waals surface area (Å²) in [6.07, 6.45) is 1.46. The Morgan fingerprint density at radius 3 is 2.34 bits per heavy atom. The van der Waals surface area contributed by atoms with Gasteiger partial charge in [-0.25, -0.2) is 10.2 Å². The van der Waals surface area contributed by atoms with Crippen LogP contribution in [0.4, 0.5) is 0 Å². The largest absolute Gasteiger partial charge is 0.496 e. The van der Waals surface area contributed by atoms with E-state index in [4.69, 9.17) is 14.2 Å². The van der Waals surface area contributed by atoms with E-state index in [1.807, 2.05) is 30.3 Å². The van der Waals surface area contributed by atoms with E-state index < -0.39 is 11.9 Å². The average molecular weight is 501 g/mol. The zero-order chi connectivity index (χ0) is 23.1. The van der Waals surface area contributed by atoms with E-state index in [0.717, 1.165) is 10.8 Å². The first-order valence-corrected chi connectivity index (χ1v) is 10.2. The fraction of sp³-hybridized carbons (Fsp3) is 0.174. The van der Waals surface area contributed by atoms with Gasteiger partial charge in [-0.15, -0.1) is 0 Å². The number of nitrogens with one attached hydrogen (secondary N) is 1. The van der Waals surface area contributed by atoms with Gasteiger partial charge in [-0.1, -0.05) is 24.3 Å². The van der Waals surface area contributed by atoms with Gasteiger partial charge < -0.3 is 18.9 Å². The van der Waals surface area contributed by atoms with Gasteiger partial charge in [-0.3, -0.25) is 4.79 Å². The molecule has 3 aromatic rings. The number of halogens is 1. The minimum absolute atomic E-state index is 0.261. The van der Waals surface area contributed by atoms with E-state index in [2.05, 4.69) is 31.2 Å². The number of rotatable bonds is 8. The van der Waals surface area contributed by atoms with Crippen LogP contribution in [-0.4, -0.2) is 46.0 Å². The van der Waals surface area contributed by atoms with E-state index in [-0.39, 0.29) is 6.61 Å². The number of amides is 1. The Labute approximate surface area is 193 Å². The Kier molecular flexibility index (Phi) is 7.67. The predicted molar refractivity (Wildman–Crippen MR) is 124 cm³/mol. The van der Waals surface area contributed by atoms with Crippen LogP contribution in [0.2, 0.25) is 0 Å². The van der Waals surface area contributed by atoms with Gasteiger partial charge in [0, 0.05) is 0 Å². The second-order valence-corrected chi connectivity index (χ2v) is 7.35. The molecule has 0 saturated heterocycles. The Hall–Kier alpha value is -3.59. The van der Waals surface area contributed by atoms with Crippen molar-refractivity contribution >= 4 is 44.8 Å². The van der Waals surface area contributed by atoms with E-state index in [0.29, 0.717) is 32.8 Å². The topological polar surface area (TPSA) is 95.5 Å². The number of benzene rings is 3. The van der Waals surface area contributed by atoms with E-state index in [9.17, 15) is 9.59 Å². The maximum Gasteiger partial charge on any atom is 0.343 e. The maximum atomic E-state index is 12.7. The molecule has 1 N–H and O–H groups in total. The van der Waals surface area contributed by atoms with Crippen molar-refractivity contribution in [2.45, 2.75) is 0 Å². The van der Waals surface area contributed by atoms with E-state index >= 15 is 0 Å². The van der Waals surface area contributed by atoms with Crippen molar-refractivity contribution < 1.29 is 28.5 Å². The fourth-order valence-electron chi connectivity index (χ4n) is 2.94. The van der Waals surface area contributed by atoms with Crippen LogP contribution in [-0.2, 0) is 9.53 Å². The van der Waals surface area contributed by atoms with Gasteiger partial charge in [-0.2, -0.15) is 5.10 Å². The number of carbonyl (C=O) groups is 2. The second kappa shape index (κ2) is 10.6. The zero-order valence-electron chi connectivity index (χ0n) is 17.7. The lowest BCUT2D eigenvalue weighted by atomic mass is 10.1. The molecule has 3 rings (SSSR count). The molecule has 8 nitrogen and oxygen atoms in total. The van der Waals surface area contributed by atoms with Crippen LogP contribution in [0.3, 0.4) is 0 Å². The summed E-state index contributed by atoms with van der Waals surface area (Å²) >= 11 is 3.39. The molecule has 0 atom stereocenters. The van der Waals surface area contributed by atoms with Crippen molar-refractivity contribution in [3.8, 4) is 17.2 Å². The second-order valence-electron chi connectivity index (χ2n) is 6.50. The summed E-state index contributed by atoms with van der Waals surface area (Å²) in [5, 5.41) is 5.92. The molecule has 0 bridgehead atoms. The summed E-state index contributed by atoms with van der Waals surface area (Å²) in [6.45, 7) is -0.261. The van der Waals surface area contributed by atoms with Gasteiger partial charge in [0.05, 0.1) is 37.6 Å². The number of fused-ring (bicyclic) bond motifs is 1. The van der Waals surface area contributed by atoms with Crippen molar-refractivity contribution in [3.05, 3.63) is 64.1 Å². The number of carbonyl (C=O) groups excluding carboxylic acids is 2. The van der Waals surface area contributed by atoms with Crippen LogP contribution in [0, 0.1) is 0 Å². The number of hydrogen-bond acceptors (Lipinski definition) is 7. The van der Waals surface area contributed by atoms with Gasteiger partial charge in [0.15, 0.2) is 18.1 Å². The van der Waals surface area contributed by atoms with Gasteiger partial charge in [0.2, 0.25) is 0 Å². The molecule has 3 aromatic carbocycles. The molecule has 0 aromatic heterocycles. The zero-order valence-corrected chi connectivity index (χ0v) is 19.3. The minimum Gasteiger partial charge on any atom is -0.496 e. The lowest BCUT2D eigenvalue weighted by Crippen LogP contribution is -2.18. The Bertz CT molecular complexity index is 1180. The molecule has 0 fully saturated rings. The number of methoxy groups -OCH3 is 3. The number of hydrogen-bond donors (Lipinski definition) is 1. The molecule has 1 amide bonds. The predicted octanol–water partition coefficient (Wildman–Crippen LogP) is 3.94.